The standard InChI is InChI=1S/C19H11Cl2N5O3S/c20-12-8-23-14(9-22-12)30-11-5-3-4-10(16(11)21)24-17(27)15-18(28)25-13-6-1-2-7-26(13)19(15)29/h1-9,28H,(H,24,27). The number of amides is 1. The van der Waals surface area contributed by atoms with Crippen LogP contribution >= 0.6 is 35.0 Å². The smallest absolute Gasteiger partial charge is 0.274 e. The van der Waals surface area contributed by atoms with Gasteiger partial charge in [-0.1, -0.05) is 47.1 Å². The molecular weight excluding hydrogens is 449 g/mol. The molecule has 30 heavy (non-hydrogen) atoms. The van der Waals surface area contributed by atoms with E-state index in [-0.39, 0.29) is 21.5 Å². The van der Waals surface area contributed by atoms with Crippen LogP contribution in [0.4, 0.5) is 5.69 Å². The molecule has 0 bridgehead atoms. The van der Waals surface area contributed by atoms with E-state index in [1.165, 1.54) is 34.8 Å². The Bertz CT molecular complexity index is 1330. The number of rotatable bonds is 4. The Morgan fingerprint density at radius 1 is 1.10 bits per heavy atom. The van der Waals surface area contributed by atoms with Gasteiger partial charge in [0.15, 0.2) is 5.56 Å². The number of benzene rings is 1. The van der Waals surface area contributed by atoms with Crippen molar-refractivity contribution >= 4 is 52.2 Å². The van der Waals surface area contributed by atoms with Crippen molar-refractivity contribution in [2.75, 3.05) is 5.32 Å². The number of fused-ring (bicyclic) bond motifs is 1. The number of nitrogens with one attached hydrogen (secondary N) is 1. The molecule has 11 heteroatoms. The van der Waals surface area contributed by atoms with Gasteiger partial charge < -0.3 is 10.4 Å². The van der Waals surface area contributed by atoms with Crippen LogP contribution in [0.2, 0.25) is 10.2 Å². The molecule has 0 aliphatic heterocycles. The average molecular weight is 460 g/mol. The van der Waals surface area contributed by atoms with Crippen molar-refractivity contribution in [1.82, 2.24) is 19.4 Å². The molecule has 4 rings (SSSR count). The van der Waals surface area contributed by atoms with Gasteiger partial charge in [0.25, 0.3) is 11.5 Å². The number of halogens is 2. The van der Waals surface area contributed by atoms with Crippen molar-refractivity contribution in [1.29, 1.82) is 0 Å². The fraction of sp³-hybridized carbons (Fsp3) is 0. The van der Waals surface area contributed by atoms with Crippen molar-refractivity contribution in [2.24, 2.45) is 0 Å². The lowest BCUT2D eigenvalue weighted by Crippen LogP contribution is -2.27. The molecule has 0 fully saturated rings. The number of aromatic hydroxyl groups is 1. The molecule has 1 amide bonds. The van der Waals surface area contributed by atoms with Crippen LogP contribution in [0, 0.1) is 0 Å². The van der Waals surface area contributed by atoms with Crippen molar-refractivity contribution in [3.63, 3.8) is 0 Å². The molecule has 150 valence electrons. The molecule has 0 spiro atoms. The van der Waals surface area contributed by atoms with E-state index in [4.69, 9.17) is 23.2 Å². The molecular formula is C19H11Cl2N5O3S. The van der Waals surface area contributed by atoms with E-state index in [1.807, 2.05) is 0 Å². The predicted molar refractivity (Wildman–Crippen MR) is 114 cm³/mol. The summed E-state index contributed by atoms with van der Waals surface area (Å²) >= 11 is 13.4. The lowest BCUT2D eigenvalue weighted by molar-refractivity contribution is 0.102. The summed E-state index contributed by atoms with van der Waals surface area (Å²) in [5.41, 5.74) is -0.715. The second-order valence-electron chi connectivity index (χ2n) is 5.90. The van der Waals surface area contributed by atoms with Crippen LogP contribution in [0.15, 0.2) is 69.7 Å². The summed E-state index contributed by atoms with van der Waals surface area (Å²) in [6.07, 6.45) is 4.36. The zero-order chi connectivity index (χ0) is 21.3. The van der Waals surface area contributed by atoms with Gasteiger partial charge in [-0.15, -0.1) is 0 Å². The van der Waals surface area contributed by atoms with Crippen LogP contribution in [-0.4, -0.2) is 30.4 Å². The highest BCUT2D eigenvalue weighted by atomic mass is 35.5. The Balaban J connectivity index is 1.65. The molecule has 0 radical (unpaired) electrons. The zero-order valence-electron chi connectivity index (χ0n) is 14.9. The molecule has 0 aliphatic rings. The molecule has 3 heterocycles. The average Bonchev–Trinajstić information content (AvgIpc) is 2.72. The van der Waals surface area contributed by atoms with Gasteiger partial charge in [0.2, 0.25) is 5.88 Å². The fourth-order valence-corrected chi connectivity index (χ4v) is 3.78. The quantitative estimate of drug-likeness (QED) is 0.475. The lowest BCUT2D eigenvalue weighted by atomic mass is 10.2. The molecule has 2 N–H and O–H groups in total. The molecule has 0 saturated carbocycles. The van der Waals surface area contributed by atoms with E-state index in [2.05, 4.69) is 20.3 Å². The van der Waals surface area contributed by atoms with Gasteiger partial charge in [0.05, 0.1) is 23.1 Å². The first-order valence-electron chi connectivity index (χ1n) is 8.39. The maximum absolute atomic E-state index is 12.7. The van der Waals surface area contributed by atoms with E-state index < -0.39 is 22.9 Å². The van der Waals surface area contributed by atoms with Gasteiger partial charge in [0, 0.05) is 11.1 Å². The molecule has 8 nitrogen and oxygen atoms in total. The van der Waals surface area contributed by atoms with Crippen LogP contribution in [0.25, 0.3) is 5.65 Å². The van der Waals surface area contributed by atoms with E-state index in [0.717, 1.165) is 0 Å². The minimum Gasteiger partial charge on any atom is -0.493 e. The monoisotopic (exact) mass is 459 g/mol. The largest absolute Gasteiger partial charge is 0.493 e. The summed E-state index contributed by atoms with van der Waals surface area (Å²) < 4.78 is 1.17. The molecule has 0 saturated heterocycles. The highest BCUT2D eigenvalue weighted by Gasteiger charge is 2.21. The molecule has 0 aliphatic carbocycles. The lowest BCUT2D eigenvalue weighted by Gasteiger charge is -2.11. The fourth-order valence-electron chi connectivity index (χ4n) is 2.61. The summed E-state index contributed by atoms with van der Waals surface area (Å²) in [5, 5.41) is 13.7. The topological polar surface area (TPSA) is 109 Å². The SMILES string of the molecule is O=C(Nc1cccc(Sc2cnc(Cl)cn2)c1Cl)c1c(O)nc2ccccn2c1=O. The summed E-state index contributed by atoms with van der Waals surface area (Å²) in [4.78, 5) is 38.0. The van der Waals surface area contributed by atoms with Crippen LogP contribution in [0.5, 0.6) is 5.88 Å². The number of carbonyl (C=O) groups is 1. The Hall–Kier alpha value is -3.14. The van der Waals surface area contributed by atoms with E-state index in [1.54, 1.807) is 36.4 Å². The van der Waals surface area contributed by atoms with Crippen molar-refractivity contribution in [3.05, 3.63) is 81.1 Å². The number of hydrogen-bond acceptors (Lipinski definition) is 7. The molecule has 1 aromatic carbocycles. The number of nitrogens with zero attached hydrogens (tertiary/aromatic N) is 4. The van der Waals surface area contributed by atoms with Crippen molar-refractivity contribution in [2.45, 2.75) is 9.92 Å². The minimum atomic E-state index is -0.835. The maximum atomic E-state index is 12.7. The van der Waals surface area contributed by atoms with Crippen LogP contribution in [0.3, 0.4) is 0 Å². The second-order valence-corrected chi connectivity index (χ2v) is 7.72. The van der Waals surface area contributed by atoms with Crippen molar-refractivity contribution in [3.8, 4) is 5.88 Å². The highest BCUT2D eigenvalue weighted by Crippen LogP contribution is 2.36. The molecule has 0 unspecified atom stereocenters. The normalized spacial score (nSPS) is 10.9. The zero-order valence-corrected chi connectivity index (χ0v) is 17.2. The molecule has 4 aromatic rings. The summed E-state index contributed by atoms with van der Waals surface area (Å²) in [7, 11) is 0. The first kappa shape index (κ1) is 20.1. The number of carbonyl (C=O) groups excluding carboxylic acids is 1. The number of anilines is 1. The third-order valence-electron chi connectivity index (χ3n) is 3.96. The Morgan fingerprint density at radius 3 is 2.70 bits per heavy atom. The Labute approximate surface area is 183 Å². The first-order chi connectivity index (χ1) is 14.4. The van der Waals surface area contributed by atoms with E-state index in [0.29, 0.717) is 9.92 Å². The van der Waals surface area contributed by atoms with Crippen molar-refractivity contribution < 1.29 is 9.90 Å². The van der Waals surface area contributed by atoms with Gasteiger partial charge >= 0.3 is 0 Å². The van der Waals surface area contributed by atoms with E-state index >= 15 is 0 Å². The third kappa shape index (κ3) is 3.95. The number of pyridine rings is 1. The molecule has 0 atom stereocenters. The summed E-state index contributed by atoms with van der Waals surface area (Å²) in [5.74, 6) is -1.50. The first-order valence-corrected chi connectivity index (χ1v) is 9.97. The van der Waals surface area contributed by atoms with Gasteiger partial charge in [-0.2, -0.15) is 4.98 Å². The van der Waals surface area contributed by atoms with E-state index in [9.17, 15) is 14.7 Å². The predicted octanol–water partition coefficient (Wildman–Crippen LogP) is 3.90. The van der Waals surface area contributed by atoms with Gasteiger partial charge in [-0.3, -0.25) is 14.0 Å². The number of aromatic nitrogens is 4. The second kappa shape index (κ2) is 8.31. The van der Waals surface area contributed by atoms with Gasteiger partial charge in [0.1, 0.15) is 15.8 Å². The van der Waals surface area contributed by atoms with Crippen LogP contribution in [-0.2, 0) is 0 Å². The Morgan fingerprint density at radius 2 is 1.93 bits per heavy atom. The summed E-state index contributed by atoms with van der Waals surface area (Å²) in [6.45, 7) is 0. The Kier molecular flexibility index (Phi) is 5.58. The highest BCUT2D eigenvalue weighted by molar-refractivity contribution is 7.99. The third-order valence-corrected chi connectivity index (χ3v) is 5.66. The van der Waals surface area contributed by atoms with Crippen LogP contribution in [0.1, 0.15) is 10.4 Å². The maximum Gasteiger partial charge on any atom is 0.274 e. The summed E-state index contributed by atoms with van der Waals surface area (Å²) in [6, 6.07) is 9.81. The number of hydrogen-bond donors (Lipinski definition) is 2. The van der Waals surface area contributed by atoms with Crippen LogP contribution < -0.4 is 10.9 Å². The van der Waals surface area contributed by atoms with Gasteiger partial charge in [-0.05, 0) is 24.3 Å². The van der Waals surface area contributed by atoms with Gasteiger partial charge in [-0.25, -0.2) is 9.97 Å². The minimum absolute atomic E-state index is 0.219. The molecule has 3 aromatic heterocycles.